The van der Waals surface area contributed by atoms with E-state index in [1.165, 1.54) is 0 Å². The van der Waals surface area contributed by atoms with Crippen LogP contribution in [0.4, 0.5) is 5.69 Å². The van der Waals surface area contributed by atoms with Crippen LogP contribution in [0.5, 0.6) is 0 Å². The molecule has 118 valence electrons. The second-order valence-corrected chi connectivity index (χ2v) is 6.08. The number of amides is 2. The van der Waals surface area contributed by atoms with Crippen LogP contribution in [0, 0.1) is 6.92 Å². The van der Waals surface area contributed by atoms with E-state index in [1.807, 2.05) is 31.2 Å². The number of carbonyl (C=O) groups excluding carboxylic acids is 2. The van der Waals surface area contributed by atoms with Crippen LogP contribution >= 0.6 is 11.6 Å². The van der Waals surface area contributed by atoms with Crippen molar-refractivity contribution in [2.45, 2.75) is 19.4 Å². The molecule has 0 aliphatic carbocycles. The van der Waals surface area contributed by atoms with Gasteiger partial charge in [0, 0.05) is 22.8 Å². The Morgan fingerprint density at radius 3 is 2.43 bits per heavy atom. The molecule has 0 saturated carbocycles. The van der Waals surface area contributed by atoms with Crippen molar-refractivity contribution in [2.24, 2.45) is 0 Å². The molecule has 1 atom stereocenters. The van der Waals surface area contributed by atoms with Gasteiger partial charge in [-0.05, 0) is 49.7 Å². The summed E-state index contributed by atoms with van der Waals surface area (Å²) in [4.78, 5) is 26.4. The van der Waals surface area contributed by atoms with Gasteiger partial charge in [-0.1, -0.05) is 29.3 Å². The van der Waals surface area contributed by atoms with E-state index in [2.05, 4.69) is 5.32 Å². The monoisotopic (exact) mass is 328 g/mol. The number of rotatable bonds is 3. The molecule has 4 nitrogen and oxygen atoms in total. The molecule has 5 heteroatoms. The molecule has 1 fully saturated rings. The van der Waals surface area contributed by atoms with Crippen molar-refractivity contribution >= 4 is 29.1 Å². The summed E-state index contributed by atoms with van der Waals surface area (Å²) in [5.74, 6) is -0.332. The van der Waals surface area contributed by atoms with Crippen LogP contribution in [-0.2, 0) is 4.79 Å². The predicted octanol–water partition coefficient (Wildman–Crippen LogP) is 3.18. The van der Waals surface area contributed by atoms with E-state index in [9.17, 15) is 9.59 Å². The first-order chi connectivity index (χ1) is 11.0. The van der Waals surface area contributed by atoms with E-state index in [1.54, 1.807) is 29.2 Å². The Balaban J connectivity index is 1.68. The summed E-state index contributed by atoms with van der Waals surface area (Å²) in [6.45, 7) is 2.61. The maximum absolute atomic E-state index is 12.5. The molecule has 0 spiro atoms. The fourth-order valence-electron chi connectivity index (χ4n) is 2.64. The van der Waals surface area contributed by atoms with E-state index in [-0.39, 0.29) is 11.8 Å². The molecule has 1 saturated heterocycles. The molecule has 23 heavy (non-hydrogen) atoms. The zero-order valence-corrected chi connectivity index (χ0v) is 13.5. The second kappa shape index (κ2) is 6.42. The minimum absolute atomic E-state index is 0.0730. The molecule has 3 rings (SSSR count). The van der Waals surface area contributed by atoms with Crippen molar-refractivity contribution in [1.29, 1.82) is 0 Å². The molecular weight excluding hydrogens is 312 g/mol. The van der Waals surface area contributed by atoms with Gasteiger partial charge in [0.25, 0.3) is 5.91 Å². The number of benzene rings is 2. The van der Waals surface area contributed by atoms with E-state index >= 15 is 0 Å². The first-order valence-electron chi connectivity index (χ1n) is 7.49. The van der Waals surface area contributed by atoms with Crippen molar-refractivity contribution < 1.29 is 9.59 Å². The zero-order chi connectivity index (χ0) is 16.4. The SMILES string of the molecule is Cc1ccc(N2CC[C@H](NC(=O)c3ccc(Cl)cc3)C2=O)cc1. The van der Waals surface area contributed by atoms with Gasteiger partial charge < -0.3 is 10.2 Å². The number of anilines is 1. The highest BCUT2D eigenvalue weighted by Gasteiger charge is 2.33. The van der Waals surface area contributed by atoms with Gasteiger partial charge in [0.2, 0.25) is 5.91 Å². The lowest BCUT2D eigenvalue weighted by Crippen LogP contribution is -2.41. The summed E-state index contributed by atoms with van der Waals surface area (Å²) < 4.78 is 0. The molecule has 0 aromatic heterocycles. The maximum Gasteiger partial charge on any atom is 0.251 e. The second-order valence-electron chi connectivity index (χ2n) is 5.65. The van der Waals surface area contributed by atoms with Gasteiger partial charge in [-0.15, -0.1) is 0 Å². The smallest absolute Gasteiger partial charge is 0.251 e. The molecule has 2 aromatic rings. The fourth-order valence-corrected chi connectivity index (χ4v) is 2.76. The highest BCUT2D eigenvalue weighted by atomic mass is 35.5. The third-order valence-corrected chi connectivity index (χ3v) is 4.21. The standard InChI is InChI=1S/C18H17ClN2O2/c1-12-2-8-15(9-3-12)21-11-10-16(18(21)23)20-17(22)13-4-6-14(19)7-5-13/h2-9,16H,10-11H2,1H3,(H,20,22)/t16-/m0/s1. The molecule has 1 aliphatic rings. The summed E-state index contributed by atoms with van der Waals surface area (Å²) in [6, 6.07) is 13.9. The molecule has 0 unspecified atom stereocenters. The molecule has 0 bridgehead atoms. The van der Waals surface area contributed by atoms with Crippen LogP contribution < -0.4 is 10.2 Å². The lowest BCUT2D eigenvalue weighted by Gasteiger charge is -2.17. The van der Waals surface area contributed by atoms with Crippen LogP contribution in [-0.4, -0.2) is 24.4 Å². The van der Waals surface area contributed by atoms with E-state index in [4.69, 9.17) is 11.6 Å². The number of aryl methyl sites for hydroxylation is 1. The molecule has 2 aromatic carbocycles. The topological polar surface area (TPSA) is 49.4 Å². The van der Waals surface area contributed by atoms with Crippen LogP contribution in [0.1, 0.15) is 22.3 Å². The Labute approximate surface area is 140 Å². The first-order valence-corrected chi connectivity index (χ1v) is 7.87. The Morgan fingerprint density at radius 2 is 1.78 bits per heavy atom. The van der Waals surface area contributed by atoms with Gasteiger partial charge in [0.1, 0.15) is 6.04 Å². The van der Waals surface area contributed by atoms with Crippen LogP contribution in [0.25, 0.3) is 0 Å². The first kappa shape index (κ1) is 15.6. The Bertz CT molecular complexity index is 726. The number of halogens is 1. The summed E-state index contributed by atoms with van der Waals surface area (Å²) in [7, 11) is 0. The van der Waals surface area contributed by atoms with Gasteiger partial charge >= 0.3 is 0 Å². The van der Waals surface area contributed by atoms with Gasteiger partial charge in [0.15, 0.2) is 0 Å². The highest BCUT2D eigenvalue weighted by molar-refractivity contribution is 6.30. The number of hydrogen-bond donors (Lipinski definition) is 1. The highest BCUT2D eigenvalue weighted by Crippen LogP contribution is 2.22. The molecule has 0 radical (unpaired) electrons. The largest absolute Gasteiger partial charge is 0.340 e. The minimum Gasteiger partial charge on any atom is -0.340 e. The van der Waals surface area contributed by atoms with Crippen molar-refractivity contribution in [3.8, 4) is 0 Å². The van der Waals surface area contributed by atoms with E-state index in [0.29, 0.717) is 23.6 Å². The third kappa shape index (κ3) is 3.37. The summed E-state index contributed by atoms with van der Waals surface area (Å²) in [5, 5.41) is 3.38. The van der Waals surface area contributed by atoms with Crippen LogP contribution in [0.2, 0.25) is 5.02 Å². The Morgan fingerprint density at radius 1 is 1.13 bits per heavy atom. The number of nitrogens with one attached hydrogen (secondary N) is 1. The molecule has 1 N–H and O–H groups in total. The van der Waals surface area contributed by atoms with Crippen LogP contribution in [0.15, 0.2) is 48.5 Å². The average Bonchev–Trinajstić information content (AvgIpc) is 2.90. The van der Waals surface area contributed by atoms with Gasteiger partial charge in [-0.25, -0.2) is 0 Å². The lowest BCUT2D eigenvalue weighted by atomic mass is 10.2. The van der Waals surface area contributed by atoms with Crippen molar-refractivity contribution in [1.82, 2.24) is 5.32 Å². The summed E-state index contributed by atoms with van der Waals surface area (Å²) in [6.07, 6.45) is 0.603. The van der Waals surface area contributed by atoms with E-state index in [0.717, 1.165) is 11.3 Å². The fraction of sp³-hybridized carbons (Fsp3) is 0.222. The van der Waals surface area contributed by atoms with Gasteiger partial charge in [-0.3, -0.25) is 9.59 Å². The molecule has 1 heterocycles. The summed E-state index contributed by atoms with van der Waals surface area (Å²) >= 11 is 5.82. The maximum atomic E-state index is 12.5. The van der Waals surface area contributed by atoms with Gasteiger partial charge in [-0.2, -0.15) is 0 Å². The van der Waals surface area contributed by atoms with Gasteiger partial charge in [0.05, 0.1) is 0 Å². The quantitative estimate of drug-likeness (QED) is 0.940. The Kier molecular flexibility index (Phi) is 4.35. The lowest BCUT2D eigenvalue weighted by molar-refractivity contribution is -0.118. The molecular formula is C18H17ClN2O2. The number of carbonyl (C=O) groups is 2. The van der Waals surface area contributed by atoms with Crippen molar-refractivity contribution in [2.75, 3.05) is 11.4 Å². The van der Waals surface area contributed by atoms with Crippen molar-refractivity contribution in [3.63, 3.8) is 0 Å². The molecule has 1 aliphatic heterocycles. The zero-order valence-electron chi connectivity index (χ0n) is 12.8. The number of hydrogen-bond acceptors (Lipinski definition) is 2. The average molecular weight is 329 g/mol. The molecule has 2 amide bonds. The van der Waals surface area contributed by atoms with Crippen molar-refractivity contribution in [3.05, 3.63) is 64.7 Å². The van der Waals surface area contributed by atoms with E-state index < -0.39 is 6.04 Å². The van der Waals surface area contributed by atoms with Crippen LogP contribution in [0.3, 0.4) is 0 Å². The number of nitrogens with zero attached hydrogens (tertiary/aromatic N) is 1. The predicted molar refractivity (Wildman–Crippen MR) is 90.9 cm³/mol. The third-order valence-electron chi connectivity index (χ3n) is 3.96. The minimum atomic E-state index is -0.487. The summed E-state index contributed by atoms with van der Waals surface area (Å²) in [5.41, 5.74) is 2.51. The Hall–Kier alpha value is -2.33. The normalized spacial score (nSPS) is 17.4.